The SMILES string of the molecule is CCOCOC[C@H](C[C@H](Cc1ccccc1)C(N)=O)NC(=O)c1ccc(CO)cc1. The molecule has 0 aromatic heterocycles. The van der Waals surface area contributed by atoms with Crippen molar-refractivity contribution in [3.05, 3.63) is 71.3 Å². The van der Waals surface area contributed by atoms with Crippen LogP contribution >= 0.6 is 0 Å². The Bertz CT molecular complexity index is 780. The highest BCUT2D eigenvalue weighted by molar-refractivity contribution is 5.94. The average Bonchev–Trinajstić information content (AvgIpc) is 2.76. The van der Waals surface area contributed by atoms with E-state index in [1.807, 2.05) is 37.3 Å². The lowest BCUT2D eigenvalue weighted by molar-refractivity contribution is -0.122. The predicted octanol–water partition coefficient (Wildman–Crippen LogP) is 2.02. The molecule has 2 aromatic carbocycles. The summed E-state index contributed by atoms with van der Waals surface area (Å²) in [5.74, 6) is -1.16. The molecule has 7 nitrogen and oxygen atoms in total. The van der Waals surface area contributed by atoms with Crippen LogP contribution in [0.4, 0.5) is 0 Å². The molecule has 0 bridgehead atoms. The number of nitrogens with one attached hydrogen (secondary N) is 1. The van der Waals surface area contributed by atoms with Crippen LogP contribution in [-0.4, -0.2) is 43.0 Å². The molecule has 0 fully saturated rings. The molecule has 30 heavy (non-hydrogen) atoms. The van der Waals surface area contributed by atoms with Gasteiger partial charge in [-0.3, -0.25) is 9.59 Å². The van der Waals surface area contributed by atoms with E-state index in [4.69, 9.17) is 20.3 Å². The van der Waals surface area contributed by atoms with Crippen molar-refractivity contribution < 1.29 is 24.2 Å². The van der Waals surface area contributed by atoms with Crippen LogP contribution in [-0.2, 0) is 27.3 Å². The highest BCUT2D eigenvalue weighted by Gasteiger charge is 2.23. The monoisotopic (exact) mass is 414 g/mol. The fourth-order valence-electron chi connectivity index (χ4n) is 3.07. The summed E-state index contributed by atoms with van der Waals surface area (Å²) in [5, 5.41) is 12.1. The maximum absolute atomic E-state index is 12.7. The summed E-state index contributed by atoms with van der Waals surface area (Å²) in [5.41, 5.74) is 7.82. The van der Waals surface area contributed by atoms with Gasteiger partial charge in [0, 0.05) is 18.1 Å². The minimum atomic E-state index is -0.454. The van der Waals surface area contributed by atoms with E-state index in [9.17, 15) is 9.59 Å². The molecule has 0 radical (unpaired) electrons. The minimum Gasteiger partial charge on any atom is -0.392 e. The van der Waals surface area contributed by atoms with Gasteiger partial charge in [0.05, 0.1) is 19.3 Å². The van der Waals surface area contributed by atoms with Crippen molar-refractivity contribution in [1.82, 2.24) is 5.32 Å². The van der Waals surface area contributed by atoms with Gasteiger partial charge in [0.15, 0.2) is 0 Å². The molecule has 0 aliphatic rings. The summed E-state index contributed by atoms with van der Waals surface area (Å²) >= 11 is 0. The van der Waals surface area contributed by atoms with Gasteiger partial charge in [-0.2, -0.15) is 0 Å². The maximum Gasteiger partial charge on any atom is 0.251 e. The van der Waals surface area contributed by atoms with E-state index >= 15 is 0 Å². The summed E-state index contributed by atoms with van der Waals surface area (Å²) in [6, 6.07) is 15.9. The number of ether oxygens (including phenoxy) is 2. The maximum atomic E-state index is 12.7. The van der Waals surface area contributed by atoms with Crippen molar-refractivity contribution in [3.63, 3.8) is 0 Å². The number of amides is 2. The van der Waals surface area contributed by atoms with Crippen LogP contribution in [0.25, 0.3) is 0 Å². The Kier molecular flexibility index (Phi) is 10.00. The van der Waals surface area contributed by atoms with Crippen molar-refractivity contribution >= 4 is 11.8 Å². The standard InChI is InChI=1S/C23H30N2O5/c1-2-29-16-30-15-21(25-23(28)19-10-8-18(14-26)9-11-19)13-20(22(24)27)12-17-6-4-3-5-7-17/h3-11,20-21,26H,2,12-16H2,1H3,(H2,24,27)(H,25,28)/t20-,21-/m0/s1. The molecule has 0 aliphatic heterocycles. The third-order valence-corrected chi connectivity index (χ3v) is 4.72. The lowest BCUT2D eigenvalue weighted by Crippen LogP contribution is -2.42. The van der Waals surface area contributed by atoms with Crippen molar-refractivity contribution in [2.75, 3.05) is 20.0 Å². The van der Waals surface area contributed by atoms with Gasteiger partial charge in [-0.05, 0) is 43.0 Å². The molecule has 162 valence electrons. The number of hydrogen-bond acceptors (Lipinski definition) is 5. The first-order chi connectivity index (χ1) is 14.5. The van der Waals surface area contributed by atoms with Gasteiger partial charge in [-0.25, -0.2) is 0 Å². The summed E-state index contributed by atoms with van der Waals surface area (Å²) in [6.07, 6.45) is 0.829. The Morgan fingerprint density at radius 1 is 1.03 bits per heavy atom. The number of nitrogens with two attached hydrogens (primary N) is 1. The third-order valence-electron chi connectivity index (χ3n) is 4.72. The van der Waals surface area contributed by atoms with Crippen LogP contribution < -0.4 is 11.1 Å². The van der Waals surface area contributed by atoms with Crippen LogP contribution in [0.5, 0.6) is 0 Å². The van der Waals surface area contributed by atoms with Gasteiger partial charge < -0.3 is 25.6 Å². The van der Waals surface area contributed by atoms with Gasteiger partial charge in [0.25, 0.3) is 5.91 Å². The number of aliphatic hydroxyl groups is 1. The minimum absolute atomic E-state index is 0.0877. The fraction of sp³-hybridized carbons (Fsp3) is 0.391. The van der Waals surface area contributed by atoms with E-state index in [0.29, 0.717) is 25.0 Å². The molecule has 0 spiro atoms. The number of carbonyl (C=O) groups is 2. The number of carbonyl (C=O) groups excluding carboxylic acids is 2. The number of benzene rings is 2. The molecule has 0 unspecified atom stereocenters. The molecule has 0 heterocycles. The Morgan fingerprint density at radius 3 is 2.33 bits per heavy atom. The molecule has 7 heteroatoms. The highest BCUT2D eigenvalue weighted by Crippen LogP contribution is 2.15. The molecular weight excluding hydrogens is 384 g/mol. The zero-order chi connectivity index (χ0) is 21.8. The predicted molar refractivity (Wildman–Crippen MR) is 114 cm³/mol. The molecule has 0 saturated carbocycles. The molecule has 0 aliphatic carbocycles. The number of primary amides is 1. The van der Waals surface area contributed by atoms with Crippen LogP contribution in [0.15, 0.2) is 54.6 Å². The molecule has 2 aromatic rings. The zero-order valence-corrected chi connectivity index (χ0v) is 17.3. The molecule has 2 amide bonds. The second-order valence-electron chi connectivity index (χ2n) is 7.03. The van der Waals surface area contributed by atoms with E-state index in [2.05, 4.69) is 5.32 Å². The Labute approximate surface area is 177 Å². The first-order valence-electron chi connectivity index (χ1n) is 10.0. The highest BCUT2D eigenvalue weighted by atomic mass is 16.7. The molecule has 2 atom stereocenters. The third kappa shape index (κ3) is 7.94. The largest absolute Gasteiger partial charge is 0.392 e. The molecule has 0 saturated heterocycles. The van der Waals surface area contributed by atoms with Crippen LogP contribution in [0.2, 0.25) is 0 Å². The average molecular weight is 415 g/mol. The number of hydrogen-bond donors (Lipinski definition) is 3. The van der Waals surface area contributed by atoms with Gasteiger partial charge in [-0.1, -0.05) is 42.5 Å². The molecule has 4 N–H and O–H groups in total. The fourth-order valence-corrected chi connectivity index (χ4v) is 3.07. The van der Waals surface area contributed by atoms with Crippen molar-refractivity contribution in [2.24, 2.45) is 11.7 Å². The van der Waals surface area contributed by atoms with Crippen molar-refractivity contribution in [2.45, 2.75) is 32.4 Å². The van der Waals surface area contributed by atoms with E-state index in [1.54, 1.807) is 24.3 Å². The topological polar surface area (TPSA) is 111 Å². The Balaban J connectivity index is 2.07. The normalized spacial score (nSPS) is 12.9. The quantitative estimate of drug-likeness (QED) is 0.343. The van der Waals surface area contributed by atoms with Crippen molar-refractivity contribution in [1.29, 1.82) is 0 Å². The van der Waals surface area contributed by atoms with Crippen molar-refractivity contribution in [3.8, 4) is 0 Å². The van der Waals surface area contributed by atoms with Gasteiger partial charge in [0.2, 0.25) is 5.91 Å². The van der Waals surface area contributed by atoms with Crippen LogP contribution in [0.3, 0.4) is 0 Å². The summed E-state index contributed by atoms with van der Waals surface area (Å²) in [7, 11) is 0. The second kappa shape index (κ2) is 12.7. The number of aliphatic hydroxyl groups excluding tert-OH is 1. The molecular formula is C23H30N2O5. The van der Waals surface area contributed by atoms with Gasteiger partial charge in [0.1, 0.15) is 6.79 Å². The first-order valence-corrected chi connectivity index (χ1v) is 10.0. The molecule has 2 rings (SSSR count). The summed E-state index contributed by atoms with van der Waals surface area (Å²) in [4.78, 5) is 24.7. The zero-order valence-electron chi connectivity index (χ0n) is 17.3. The van der Waals surface area contributed by atoms with Crippen LogP contribution in [0.1, 0.15) is 34.8 Å². The lowest BCUT2D eigenvalue weighted by atomic mass is 9.92. The smallest absolute Gasteiger partial charge is 0.251 e. The summed E-state index contributed by atoms with van der Waals surface area (Å²) < 4.78 is 10.7. The second-order valence-corrected chi connectivity index (χ2v) is 7.03. The van der Waals surface area contributed by atoms with E-state index in [1.165, 1.54) is 0 Å². The first kappa shape index (κ1) is 23.5. The Morgan fingerprint density at radius 2 is 1.73 bits per heavy atom. The van der Waals surface area contributed by atoms with Crippen LogP contribution in [0, 0.1) is 5.92 Å². The number of rotatable bonds is 13. The van der Waals surface area contributed by atoms with Gasteiger partial charge in [-0.15, -0.1) is 0 Å². The van der Waals surface area contributed by atoms with E-state index in [-0.39, 0.29) is 25.9 Å². The van der Waals surface area contributed by atoms with Gasteiger partial charge >= 0.3 is 0 Å². The lowest BCUT2D eigenvalue weighted by Gasteiger charge is -2.23. The summed E-state index contributed by atoms with van der Waals surface area (Å²) in [6.45, 7) is 2.59. The van der Waals surface area contributed by atoms with E-state index in [0.717, 1.165) is 11.1 Å². The Hall–Kier alpha value is -2.74. The van der Waals surface area contributed by atoms with E-state index < -0.39 is 17.9 Å².